The first-order valence-corrected chi connectivity index (χ1v) is 11.0. The number of nitrogens with one attached hydrogen (secondary N) is 1. The summed E-state index contributed by atoms with van der Waals surface area (Å²) in [6, 6.07) is 9.13. The average Bonchev–Trinajstić information content (AvgIpc) is 3.44. The molecule has 4 rings (SSSR count). The molecule has 1 aliphatic carbocycles. The van der Waals surface area contributed by atoms with Gasteiger partial charge in [0.05, 0.1) is 32.8 Å². The Kier molecular flexibility index (Phi) is 6.78. The minimum absolute atomic E-state index is 0.0311. The standard InChI is InChI=1S/C24H29N3O5/c1-30-19-10-9-16(14-21(19)32-17-6-3-4-7-17)18-11-13-27(24(18)29)15-22(28)26-23-20(31-2)8-5-12-25-23/h5,8-10,12,14,17-18H,3-4,6-7,11,13,15H2,1-2H3,(H,25,26,28)/t18-/m0/s1. The van der Waals surface area contributed by atoms with Gasteiger partial charge in [-0.05, 0) is 61.9 Å². The lowest BCUT2D eigenvalue weighted by atomic mass is 9.97. The first-order valence-electron chi connectivity index (χ1n) is 11.0. The smallest absolute Gasteiger partial charge is 0.245 e. The van der Waals surface area contributed by atoms with E-state index in [1.807, 2.05) is 18.2 Å². The summed E-state index contributed by atoms with van der Waals surface area (Å²) in [7, 11) is 3.13. The molecule has 2 fully saturated rings. The summed E-state index contributed by atoms with van der Waals surface area (Å²) in [5.41, 5.74) is 0.887. The van der Waals surface area contributed by atoms with Crippen molar-refractivity contribution in [1.29, 1.82) is 0 Å². The maximum Gasteiger partial charge on any atom is 0.245 e. The lowest BCUT2D eigenvalue weighted by molar-refractivity contribution is -0.132. The van der Waals surface area contributed by atoms with E-state index in [-0.39, 0.29) is 30.4 Å². The van der Waals surface area contributed by atoms with Crippen LogP contribution >= 0.6 is 0 Å². The molecule has 2 aliphatic rings. The molecule has 8 nitrogen and oxygen atoms in total. The fraction of sp³-hybridized carbons (Fsp3) is 0.458. The van der Waals surface area contributed by atoms with Gasteiger partial charge in [-0.15, -0.1) is 0 Å². The van der Waals surface area contributed by atoms with Crippen LogP contribution in [0.5, 0.6) is 17.2 Å². The molecule has 1 aromatic heterocycles. The van der Waals surface area contributed by atoms with Gasteiger partial charge in [0.1, 0.15) is 0 Å². The highest BCUT2D eigenvalue weighted by Gasteiger charge is 2.34. The number of pyridine rings is 1. The molecule has 1 saturated heterocycles. The summed E-state index contributed by atoms with van der Waals surface area (Å²) in [6.07, 6.45) is 6.85. The predicted octanol–water partition coefficient (Wildman–Crippen LogP) is 3.37. The van der Waals surface area contributed by atoms with Gasteiger partial charge >= 0.3 is 0 Å². The highest BCUT2D eigenvalue weighted by atomic mass is 16.5. The first kappa shape index (κ1) is 21.9. The van der Waals surface area contributed by atoms with E-state index in [1.165, 1.54) is 20.0 Å². The van der Waals surface area contributed by atoms with Crippen LogP contribution in [0.3, 0.4) is 0 Å². The number of methoxy groups -OCH3 is 2. The Balaban J connectivity index is 1.42. The zero-order valence-electron chi connectivity index (χ0n) is 18.5. The Bertz CT molecular complexity index is 974. The molecular formula is C24H29N3O5. The summed E-state index contributed by atoms with van der Waals surface area (Å²) in [5, 5.41) is 2.72. The number of aromatic nitrogens is 1. The Morgan fingerprint density at radius 1 is 1.09 bits per heavy atom. The number of hydrogen-bond donors (Lipinski definition) is 1. The van der Waals surface area contributed by atoms with Gasteiger partial charge in [0.15, 0.2) is 23.1 Å². The van der Waals surface area contributed by atoms with Gasteiger partial charge in [0.25, 0.3) is 0 Å². The second-order valence-corrected chi connectivity index (χ2v) is 8.14. The largest absolute Gasteiger partial charge is 0.493 e. The van der Waals surface area contributed by atoms with E-state index < -0.39 is 0 Å². The molecule has 1 atom stereocenters. The molecule has 2 amide bonds. The number of likely N-dealkylation sites (tertiary alicyclic amines) is 1. The number of nitrogens with zero attached hydrogens (tertiary/aromatic N) is 2. The maximum atomic E-state index is 13.1. The molecule has 0 spiro atoms. The van der Waals surface area contributed by atoms with Crippen molar-refractivity contribution < 1.29 is 23.8 Å². The van der Waals surface area contributed by atoms with Gasteiger partial charge in [0.2, 0.25) is 11.8 Å². The van der Waals surface area contributed by atoms with Crippen LogP contribution in [-0.2, 0) is 9.59 Å². The minimum atomic E-state index is -0.309. The second kappa shape index (κ2) is 9.89. The van der Waals surface area contributed by atoms with Crippen molar-refractivity contribution in [3.63, 3.8) is 0 Å². The molecule has 1 saturated carbocycles. The quantitative estimate of drug-likeness (QED) is 0.678. The number of benzene rings is 1. The van der Waals surface area contributed by atoms with Crippen molar-refractivity contribution in [2.45, 2.75) is 44.1 Å². The Morgan fingerprint density at radius 3 is 2.62 bits per heavy atom. The van der Waals surface area contributed by atoms with Gasteiger partial charge in [0, 0.05) is 12.7 Å². The molecule has 1 N–H and O–H groups in total. The van der Waals surface area contributed by atoms with Crippen LogP contribution in [0.25, 0.3) is 0 Å². The molecule has 170 valence electrons. The van der Waals surface area contributed by atoms with Gasteiger partial charge < -0.3 is 24.4 Å². The number of ether oxygens (including phenoxy) is 3. The van der Waals surface area contributed by atoms with E-state index >= 15 is 0 Å². The number of amides is 2. The van der Waals surface area contributed by atoms with Crippen LogP contribution in [0.1, 0.15) is 43.6 Å². The van der Waals surface area contributed by atoms with Crippen molar-refractivity contribution in [2.75, 3.05) is 32.6 Å². The van der Waals surface area contributed by atoms with E-state index in [2.05, 4.69) is 10.3 Å². The molecular weight excluding hydrogens is 410 g/mol. The third-order valence-corrected chi connectivity index (χ3v) is 6.07. The number of carbonyl (C=O) groups is 2. The van der Waals surface area contributed by atoms with Crippen LogP contribution < -0.4 is 19.5 Å². The van der Waals surface area contributed by atoms with Crippen LogP contribution in [-0.4, -0.2) is 55.1 Å². The molecule has 0 bridgehead atoms. The molecule has 2 heterocycles. The van der Waals surface area contributed by atoms with Crippen LogP contribution in [0.2, 0.25) is 0 Å². The molecule has 0 radical (unpaired) electrons. The highest BCUT2D eigenvalue weighted by Crippen LogP contribution is 2.37. The van der Waals surface area contributed by atoms with Gasteiger partial charge in [-0.3, -0.25) is 9.59 Å². The van der Waals surface area contributed by atoms with Crippen LogP contribution in [0.4, 0.5) is 5.82 Å². The van der Waals surface area contributed by atoms with Crippen molar-refractivity contribution in [1.82, 2.24) is 9.88 Å². The maximum absolute atomic E-state index is 13.1. The summed E-state index contributed by atoms with van der Waals surface area (Å²) >= 11 is 0. The monoisotopic (exact) mass is 439 g/mol. The SMILES string of the molecule is COc1ccc([C@@H]2CCN(CC(=O)Nc3ncccc3OC)C2=O)cc1OC1CCCC1. The van der Waals surface area contributed by atoms with Crippen molar-refractivity contribution in [2.24, 2.45) is 0 Å². The molecule has 2 aromatic rings. The van der Waals surface area contributed by atoms with Gasteiger partial charge in [-0.25, -0.2) is 4.98 Å². The first-order chi connectivity index (χ1) is 15.6. The molecule has 8 heteroatoms. The number of carbonyl (C=O) groups excluding carboxylic acids is 2. The van der Waals surface area contributed by atoms with Gasteiger partial charge in [-0.2, -0.15) is 0 Å². The summed E-state index contributed by atoms with van der Waals surface area (Å²) in [4.78, 5) is 31.3. The highest BCUT2D eigenvalue weighted by molar-refractivity contribution is 5.96. The Morgan fingerprint density at radius 2 is 1.88 bits per heavy atom. The minimum Gasteiger partial charge on any atom is -0.493 e. The molecule has 0 unspecified atom stereocenters. The van der Waals surface area contributed by atoms with Crippen molar-refractivity contribution in [3.8, 4) is 17.2 Å². The summed E-state index contributed by atoms with van der Waals surface area (Å²) in [5.74, 6) is 1.49. The van der Waals surface area contributed by atoms with Crippen molar-refractivity contribution >= 4 is 17.6 Å². The van der Waals surface area contributed by atoms with E-state index in [0.717, 1.165) is 18.4 Å². The lowest BCUT2D eigenvalue weighted by Crippen LogP contribution is -2.35. The third-order valence-electron chi connectivity index (χ3n) is 6.07. The topological polar surface area (TPSA) is 90.0 Å². The lowest BCUT2D eigenvalue weighted by Gasteiger charge is -2.19. The number of rotatable bonds is 8. The Hall–Kier alpha value is -3.29. The normalized spacial score (nSPS) is 18.6. The molecule has 1 aliphatic heterocycles. The van der Waals surface area contributed by atoms with Crippen LogP contribution in [0, 0.1) is 0 Å². The zero-order chi connectivity index (χ0) is 22.5. The molecule has 1 aromatic carbocycles. The average molecular weight is 440 g/mol. The predicted molar refractivity (Wildman–Crippen MR) is 119 cm³/mol. The number of hydrogen-bond acceptors (Lipinski definition) is 6. The summed E-state index contributed by atoms with van der Waals surface area (Å²) < 4.78 is 16.8. The second-order valence-electron chi connectivity index (χ2n) is 8.14. The molecule has 32 heavy (non-hydrogen) atoms. The number of anilines is 1. The van der Waals surface area contributed by atoms with E-state index in [0.29, 0.717) is 36.0 Å². The van der Waals surface area contributed by atoms with E-state index in [9.17, 15) is 9.59 Å². The fourth-order valence-corrected chi connectivity index (χ4v) is 4.39. The Labute approximate surface area is 187 Å². The van der Waals surface area contributed by atoms with Crippen LogP contribution in [0.15, 0.2) is 36.5 Å². The fourth-order valence-electron chi connectivity index (χ4n) is 4.39. The van der Waals surface area contributed by atoms with E-state index in [1.54, 1.807) is 30.3 Å². The van der Waals surface area contributed by atoms with Gasteiger partial charge in [-0.1, -0.05) is 6.07 Å². The third kappa shape index (κ3) is 4.79. The van der Waals surface area contributed by atoms with E-state index in [4.69, 9.17) is 14.2 Å². The van der Waals surface area contributed by atoms with Crippen molar-refractivity contribution in [3.05, 3.63) is 42.1 Å². The summed E-state index contributed by atoms with van der Waals surface area (Å²) in [6.45, 7) is 0.484. The zero-order valence-corrected chi connectivity index (χ0v) is 18.5.